The molecule has 6 heteroatoms. The van der Waals surface area contributed by atoms with Crippen LogP contribution in [0.5, 0.6) is 5.75 Å². The van der Waals surface area contributed by atoms with Crippen molar-refractivity contribution in [2.45, 2.75) is 26.4 Å². The van der Waals surface area contributed by atoms with Crippen LogP contribution in [0.3, 0.4) is 0 Å². The van der Waals surface area contributed by atoms with Crippen molar-refractivity contribution in [2.24, 2.45) is 0 Å². The summed E-state index contributed by atoms with van der Waals surface area (Å²) in [5.74, 6) is 2.57. The number of hydrogen-bond acceptors (Lipinski definition) is 6. The fourth-order valence-electron chi connectivity index (χ4n) is 2.34. The SMILES string of the molecule is Cc1nc2c(c(NCCCOc3cccnc3)n1)CNC2. The van der Waals surface area contributed by atoms with E-state index in [-0.39, 0.29) is 0 Å². The first kappa shape index (κ1) is 13.8. The van der Waals surface area contributed by atoms with Gasteiger partial charge in [0.2, 0.25) is 0 Å². The molecule has 0 atom stereocenters. The Kier molecular flexibility index (Phi) is 4.25. The molecule has 2 N–H and O–H groups in total. The van der Waals surface area contributed by atoms with Crippen molar-refractivity contribution in [3.8, 4) is 5.75 Å². The van der Waals surface area contributed by atoms with Crippen molar-refractivity contribution in [3.63, 3.8) is 0 Å². The molecule has 1 aliphatic heterocycles. The minimum Gasteiger partial charge on any atom is -0.492 e. The first-order chi connectivity index (χ1) is 10.3. The third-order valence-electron chi connectivity index (χ3n) is 3.32. The highest BCUT2D eigenvalue weighted by Crippen LogP contribution is 2.20. The van der Waals surface area contributed by atoms with Gasteiger partial charge in [-0.25, -0.2) is 9.97 Å². The maximum absolute atomic E-state index is 5.61. The van der Waals surface area contributed by atoms with E-state index in [4.69, 9.17) is 4.74 Å². The first-order valence-corrected chi connectivity index (χ1v) is 7.17. The van der Waals surface area contributed by atoms with Crippen LogP contribution in [-0.2, 0) is 13.1 Å². The van der Waals surface area contributed by atoms with Crippen LogP contribution >= 0.6 is 0 Å². The lowest BCUT2D eigenvalue weighted by molar-refractivity contribution is 0.313. The Labute approximate surface area is 124 Å². The second-order valence-corrected chi connectivity index (χ2v) is 4.97. The summed E-state index contributed by atoms with van der Waals surface area (Å²) in [4.78, 5) is 13.0. The zero-order valence-electron chi connectivity index (χ0n) is 12.1. The van der Waals surface area contributed by atoms with Crippen LogP contribution in [0, 0.1) is 6.92 Å². The van der Waals surface area contributed by atoms with E-state index < -0.39 is 0 Å². The van der Waals surface area contributed by atoms with Gasteiger partial charge in [0.15, 0.2) is 0 Å². The molecule has 1 aliphatic rings. The Balaban J connectivity index is 1.48. The van der Waals surface area contributed by atoms with Crippen LogP contribution < -0.4 is 15.4 Å². The number of anilines is 1. The number of aryl methyl sites for hydroxylation is 1. The lowest BCUT2D eigenvalue weighted by Crippen LogP contribution is -2.11. The van der Waals surface area contributed by atoms with Gasteiger partial charge < -0.3 is 15.4 Å². The van der Waals surface area contributed by atoms with Gasteiger partial charge in [0.25, 0.3) is 0 Å². The predicted octanol–water partition coefficient (Wildman–Crippen LogP) is 1.66. The summed E-state index contributed by atoms with van der Waals surface area (Å²) in [6.07, 6.45) is 4.36. The van der Waals surface area contributed by atoms with Crippen molar-refractivity contribution in [1.29, 1.82) is 0 Å². The molecule has 110 valence electrons. The third kappa shape index (κ3) is 3.46. The van der Waals surface area contributed by atoms with E-state index in [1.807, 2.05) is 19.1 Å². The summed E-state index contributed by atoms with van der Waals surface area (Å²) in [7, 11) is 0. The summed E-state index contributed by atoms with van der Waals surface area (Å²) in [6, 6.07) is 3.78. The Morgan fingerprint density at radius 3 is 3.14 bits per heavy atom. The fourth-order valence-corrected chi connectivity index (χ4v) is 2.34. The highest BCUT2D eigenvalue weighted by Gasteiger charge is 2.17. The second kappa shape index (κ2) is 6.49. The third-order valence-corrected chi connectivity index (χ3v) is 3.32. The number of aromatic nitrogens is 3. The molecule has 0 aliphatic carbocycles. The van der Waals surface area contributed by atoms with Gasteiger partial charge >= 0.3 is 0 Å². The summed E-state index contributed by atoms with van der Waals surface area (Å²) >= 11 is 0. The Hall–Kier alpha value is -2.21. The molecule has 0 saturated carbocycles. The van der Waals surface area contributed by atoms with E-state index in [0.29, 0.717) is 6.61 Å². The molecule has 0 radical (unpaired) electrons. The van der Waals surface area contributed by atoms with Crippen LogP contribution in [0.1, 0.15) is 23.5 Å². The topological polar surface area (TPSA) is 72.0 Å². The largest absolute Gasteiger partial charge is 0.492 e. The molecule has 3 heterocycles. The van der Waals surface area contributed by atoms with Crippen LogP contribution in [0.15, 0.2) is 24.5 Å². The number of nitrogens with zero attached hydrogens (tertiary/aromatic N) is 3. The van der Waals surface area contributed by atoms with Crippen molar-refractivity contribution in [3.05, 3.63) is 41.6 Å². The van der Waals surface area contributed by atoms with E-state index in [9.17, 15) is 0 Å². The minimum atomic E-state index is 0.656. The molecule has 6 nitrogen and oxygen atoms in total. The number of nitrogens with one attached hydrogen (secondary N) is 2. The molecular formula is C15H19N5O. The van der Waals surface area contributed by atoms with Crippen molar-refractivity contribution in [1.82, 2.24) is 20.3 Å². The zero-order valence-corrected chi connectivity index (χ0v) is 12.1. The fraction of sp³-hybridized carbons (Fsp3) is 0.400. The van der Waals surface area contributed by atoms with E-state index in [2.05, 4.69) is 25.6 Å². The molecule has 0 bridgehead atoms. The van der Waals surface area contributed by atoms with E-state index in [1.165, 1.54) is 5.56 Å². The molecule has 0 amide bonds. The summed E-state index contributed by atoms with van der Waals surface area (Å²) in [5.41, 5.74) is 2.30. The van der Waals surface area contributed by atoms with Gasteiger partial charge in [-0.1, -0.05) is 0 Å². The lowest BCUT2D eigenvalue weighted by atomic mass is 10.2. The number of fused-ring (bicyclic) bond motifs is 1. The molecular weight excluding hydrogens is 266 g/mol. The molecule has 2 aromatic rings. The summed E-state index contributed by atoms with van der Waals surface area (Å²) in [6.45, 7) is 5.07. The average Bonchev–Trinajstić information content (AvgIpc) is 2.96. The Morgan fingerprint density at radius 1 is 1.33 bits per heavy atom. The molecule has 0 spiro atoms. The van der Waals surface area contributed by atoms with E-state index in [0.717, 1.165) is 49.1 Å². The summed E-state index contributed by atoms with van der Waals surface area (Å²) in [5, 5.41) is 6.69. The Morgan fingerprint density at radius 2 is 2.29 bits per heavy atom. The number of hydrogen-bond donors (Lipinski definition) is 2. The van der Waals surface area contributed by atoms with Gasteiger partial charge in [0.1, 0.15) is 17.4 Å². The number of rotatable bonds is 6. The average molecular weight is 285 g/mol. The maximum Gasteiger partial charge on any atom is 0.137 e. The quantitative estimate of drug-likeness (QED) is 0.787. The molecule has 3 rings (SSSR count). The first-order valence-electron chi connectivity index (χ1n) is 7.17. The molecule has 0 saturated heterocycles. The highest BCUT2D eigenvalue weighted by molar-refractivity contribution is 5.48. The van der Waals surface area contributed by atoms with Crippen LogP contribution in [0.4, 0.5) is 5.82 Å². The molecule has 21 heavy (non-hydrogen) atoms. The normalized spacial score (nSPS) is 13.0. The van der Waals surface area contributed by atoms with Crippen molar-refractivity contribution >= 4 is 5.82 Å². The monoisotopic (exact) mass is 285 g/mol. The Bertz CT molecular complexity index is 603. The number of ether oxygens (including phenoxy) is 1. The van der Waals surface area contributed by atoms with Gasteiger partial charge in [-0.05, 0) is 25.5 Å². The molecule has 0 unspecified atom stereocenters. The molecule has 0 aromatic carbocycles. The zero-order chi connectivity index (χ0) is 14.5. The predicted molar refractivity (Wildman–Crippen MR) is 80.2 cm³/mol. The smallest absolute Gasteiger partial charge is 0.137 e. The van der Waals surface area contributed by atoms with Gasteiger partial charge in [0, 0.05) is 31.4 Å². The lowest BCUT2D eigenvalue weighted by Gasteiger charge is -2.11. The van der Waals surface area contributed by atoms with E-state index in [1.54, 1.807) is 12.4 Å². The molecule has 0 fully saturated rings. The van der Waals surface area contributed by atoms with Gasteiger partial charge in [-0.15, -0.1) is 0 Å². The maximum atomic E-state index is 5.61. The van der Waals surface area contributed by atoms with Gasteiger partial charge in [0.05, 0.1) is 18.5 Å². The van der Waals surface area contributed by atoms with Gasteiger partial charge in [-0.2, -0.15) is 0 Å². The van der Waals surface area contributed by atoms with Crippen molar-refractivity contribution in [2.75, 3.05) is 18.5 Å². The minimum absolute atomic E-state index is 0.656. The highest BCUT2D eigenvalue weighted by atomic mass is 16.5. The van der Waals surface area contributed by atoms with E-state index >= 15 is 0 Å². The second-order valence-electron chi connectivity index (χ2n) is 4.97. The van der Waals surface area contributed by atoms with Crippen LogP contribution in [0.2, 0.25) is 0 Å². The summed E-state index contributed by atoms with van der Waals surface area (Å²) < 4.78 is 5.61. The number of pyridine rings is 1. The standard InChI is InChI=1S/C15H19N5O/c1-11-19-14-10-17-9-13(14)15(20-11)18-6-3-7-21-12-4-2-5-16-8-12/h2,4-5,8,17H,3,6-7,9-10H2,1H3,(H,18,19,20). The van der Waals surface area contributed by atoms with Gasteiger partial charge in [-0.3, -0.25) is 4.98 Å². The molecule has 2 aromatic heterocycles. The van der Waals surface area contributed by atoms with Crippen LogP contribution in [-0.4, -0.2) is 28.1 Å². The van der Waals surface area contributed by atoms with Crippen LogP contribution in [0.25, 0.3) is 0 Å². The van der Waals surface area contributed by atoms with Crippen molar-refractivity contribution < 1.29 is 4.74 Å².